The maximum atomic E-state index is 12.2. The smallest absolute Gasteiger partial charge is 0.257 e. The van der Waals surface area contributed by atoms with Crippen molar-refractivity contribution < 1.29 is 8.78 Å². The van der Waals surface area contributed by atoms with Crippen LogP contribution in [0.5, 0.6) is 0 Å². The first-order chi connectivity index (χ1) is 6.04. The second kappa shape index (κ2) is 5.71. The number of benzene rings is 1. The number of hydrogen-bond donors (Lipinski definition) is 1. The molecular formula is C8H8Cl3F2N. The molecule has 0 heterocycles. The predicted octanol–water partition coefficient (Wildman–Crippen LogP) is 3.68. The van der Waals surface area contributed by atoms with Gasteiger partial charge in [0, 0.05) is 15.6 Å². The van der Waals surface area contributed by atoms with Crippen LogP contribution in [0.4, 0.5) is 8.78 Å². The Morgan fingerprint density at radius 2 is 1.57 bits per heavy atom. The van der Waals surface area contributed by atoms with E-state index in [2.05, 4.69) is 0 Å². The van der Waals surface area contributed by atoms with E-state index in [1.807, 2.05) is 0 Å². The second-order valence-corrected chi connectivity index (χ2v) is 3.31. The third-order valence-electron chi connectivity index (χ3n) is 1.60. The highest BCUT2D eigenvalue weighted by Gasteiger charge is 2.22. The van der Waals surface area contributed by atoms with Crippen molar-refractivity contribution in [2.75, 3.05) is 0 Å². The van der Waals surface area contributed by atoms with Crippen molar-refractivity contribution in [3.05, 3.63) is 33.8 Å². The average molecular weight is 263 g/mol. The van der Waals surface area contributed by atoms with Crippen LogP contribution >= 0.6 is 35.6 Å². The van der Waals surface area contributed by atoms with Gasteiger partial charge >= 0.3 is 0 Å². The van der Waals surface area contributed by atoms with Crippen LogP contribution in [0, 0.1) is 0 Å². The zero-order chi connectivity index (χ0) is 10.0. The molecule has 1 aromatic carbocycles. The summed E-state index contributed by atoms with van der Waals surface area (Å²) >= 11 is 11.3. The summed E-state index contributed by atoms with van der Waals surface area (Å²) in [5.41, 5.74) is 5.32. The Morgan fingerprint density at radius 1 is 1.14 bits per heavy atom. The van der Waals surface area contributed by atoms with E-state index in [-0.39, 0.29) is 28.0 Å². The number of hydrogen-bond acceptors (Lipinski definition) is 1. The molecule has 6 heteroatoms. The standard InChI is InChI=1S/C8H7Cl2F2N.ClH/c9-4-2-1-3-5(10)6(4)7(13)8(11)12;/h1-3,7-8H,13H2;1H/t7-;/m0./s1. The molecule has 0 aromatic heterocycles. The maximum Gasteiger partial charge on any atom is 0.257 e. The van der Waals surface area contributed by atoms with Crippen LogP contribution in [-0.2, 0) is 0 Å². The van der Waals surface area contributed by atoms with Crippen LogP contribution in [0.2, 0.25) is 10.0 Å². The van der Waals surface area contributed by atoms with E-state index in [1.54, 1.807) is 6.07 Å². The molecule has 0 aliphatic rings. The molecule has 0 spiro atoms. The molecule has 0 saturated heterocycles. The fourth-order valence-corrected chi connectivity index (χ4v) is 1.60. The molecule has 0 radical (unpaired) electrons. The minimum absolute atomic E-state index is 0. The van der Waals surface area contributed by atoms with Crippen molar-refractivity contribution >= 4 is 35.6 Å². The summed E-state index contributed by atoms with van der Waals surface area (Å²) in [5.74, 6) is 0. The highest BCUT2D eigenvalue weighted by Crippen LogP contribution is 2.31. The highest BCUT2D eigenvalue weighted by molar-refractivity contribution is 6.36. The highest BCUT2D eigenvalue weighted by atomic mass is 35.5. The van der Waals surface area contributed by atoms with E-state index >= 15 is 0 Å². The van der Waals surface area contributed by atoms with Gasteiger partial charge in [-0.1, -0.05) is 29.3 Å². The zero-order valence-corrected chi connectivity index (χ0v) is 9.21. The number of nitrogens with two attached hydrogens (primary N) is 1. The summed E-state index contributed by atoms with van der Waals surface area (Å²) in [5, 5.41) is 0.334. The third-order valence-corrected chi connectivity index (χ3v) is 2.26. The van der Waals surface area contributed by atoms with Crippen LogP contribution in [0.1, 0.15) is 11.6 Å². The SMILES string of the molecule is Cl.N[C@@H](c1c(Cl)cccc1Cl)C(F)F. The summed E-state index contributed by atoms with van der Waals surface area (Å²) in [4.78, 5) is 0. The maximum absolute atomic E-state index is 12.2. The van der Waals surface area contributed by atoms with Crippen LogP contribution in [0.15, 0.2) is 18.2 Å². The molecule has 0 fully saturated rings. The molecule has 0 unspecified atom stereocenters. The Kier molecular flexibility index (Phi) is 5.67. The fraction of sp³-hybridized carbons (Fsp3) is 0.250. The van der Waals surface area contributed by atoms with Crippen molar-refractivity contribution in [1.29, 1.82) is 0 Å². The molecule has 0 aliphatic heterocycles. The monoisotopic (exact) mass is 261 g/mol. The Balaban J connectivity index is 0.00000169. The molecule has 0 amide bonds. The van der Waals surface area contributed by atoms with Crippen LogP contribution in [-0.4, -0.2) is 6.43 Å². The lowest BCUT2D eigenvalue weighted by Gasteiger charge is -2.13. The van der Waals surface area contributed by atoms with Gasteiger partial charge < -0.3 is 5.73 Å². The lowest BCUT2D eigenvalue weighted by molar-refractivity contribution is 0.116. The fourth-order valence-electron chi connectivity index (χ4n) is 0.955. The molecular weight excluding hydrogens is 254 g/mol. The summed E-state index contributed by atoms with van der Waals surface area (Å²) in [6, 6.07) is 3.10. The Hall–Kier alpha value is -0.0900. The van der Waals surface area contributed by atoms with E-state index in [0.29, 0.717) is 0 Å². The first-order valence-corrected chi connectivity index (χ1v) is 4.27. The molecule has 80 valence electrons. The minimum Gasteiger partial charge on any atom is -0.319 e. The van der Waals surface area contributed by atoms with Gasteiger partial charge in [0.05, 0.1) is 6.04 Å². The van der Waals surface area contributed by atoms with E-state index in [0.717, 1.165) is 0 Å². The van der Waals surface area contributed by atoms with Crippen molar-refractivity contribution in [3.63, 3.8) is 0 Å². The second-order valence-electron chi connectivity index (χ2n) is 2.50. The number of rotatable bonds is 2. The van der Waals surface area contributed by atoms with Crippen LogP contribution < -0.4 is 5.73 Å². The first-order valence-electron chi connectivity index (χ1n) is 3.51. The Morgan fingerprint density at radius 3 is 1.93 bits per heavy atom. The van der Waals surface area contributed by atoms with Crippen LogP contribution in [0.25, 0.3) is 0 Å². The van der Waals surface area contributed by atoms with E-state index in [4.69, 9.17) is 28.9 Å². The van der Waals surface area contributed by atoms with Gasteiger partial charge in [-0.25, -0.2) is 8.78 Å². The Labute approximate surface area is 96.6 Å². The van der Waals surface area contributed by atoms with Gasteiger partial charge in [-0.15, -0.1) is 12.4 Å². The van der Waals surface area contributed by atoms with Crippen molar-refractivity contribution in [2.45, 2.75) is 12.5 Å². The Bertz CT molecular complexity index is 286. The lowest BCUT2D eigenvalue weighted by Crippen LogP contribution is -2.19. The minimum atomic E-state index is -2.67. The molecule has 1 nitrogen and oxygen atoms in total. The van der Waals surface area contributed by atoms with Crippen molar-refractivity contribution in [2.24, 2.45) is 5.73 Å². The molecule has 1 atom stereocenters. The van der Waals surface area contributed by atoms with Gasteiger partial charge in [-0.2, -0.15) is 0 Å². The van der Waals surface area contributed by atoms with E-state index in [1.165, 1.54) is 12.1 Å². The van der Waals surface area contributed by atoms with E-state index in [9.17, 15) is 8.78 Å². The van der Waals surface area contributed by atoms with Crippen molar-refractivity contribution in [1.82, 2.24) is 0 Å². The normalized spacial score (nSPS) is 12.4. The largest absolute Gasteiger partial charge is 0.319 e. The number of halogens is 5. The summed E-state index contributed by atoms with van der Waals surface area (Å²) in [6.45, 7) is 0. The summed E-state index contributed by atoms with van der Waals surface area (Å²) < 4.78 is 24.5. The third kappa shape index (κ3) is 2.95. The molecule has 14 heavy (non-hydrogen) atoms. The first kappa shape index (κ1) is 13.9. The van der Waals surface area contributed by atoms with E-state index < -0.39 is 12.5 Å². The lowest BCUT2D eigenvalue weighted by atomic mass is 10.1. The molecule has 0 aliphatic carbocycles. The van der Waals surface area contributed by atoms with Gasteiger partial charge in [0.25, 0.3) is 6.43 Å². The van der Waals surface area contributed by atoms with Gasteiger partial charge in [-0.05, 0) is 12.1 Å². The van der Waals surface area contributed by atoms with Crippen molar-refractivity contribution in [3.8, 4) is 0 Å². The van der Waals surface area contributed by atoms with Gasteiger partial charge in [0.15, 0.2) is 0 Å². The summed E-state index contributed by atoms with van der Waals surface area (Å²) in [6.07, 6.45) is -2.67. The molecule has 1 aromatic rings. The van der Waals surface area contributed by atoms with Gasteiger partial charge in [0.2, 0.25) is 0 Å². The average Bonchev–Trinajstić information content (AvgIpc) is 2.03. The quantitative estimate of drug-likeness (QED) is 0.864. The number of alkyl halides is 2. The van der Waals surface area contributed by atoms with Crippen LogP contribution in [0.3, 0.4) is 0 Å². The van der Waals surface area contributed by atoms with Gasteiger partial charge in [-0.3, -0.25) is 0 Å². The molecule has 2 N–H and O–H groups in total. The summed E-state index contributed by atoms with van der Waals surface area (Å²) in [7, 11) is 0. The molecule has 0 saturated carbocycles. The van der Waals surface area contributed by atoms with Gasteiger partial charge in [0.1, 0.15) is 0 Å². The molecule has 0 bridgehead atoms. The topological polar surface area (TPSA) is 26.0 Å². The zero-order valence-electron chi connectivity index (χ0n) is 6.88. The molecule has 1 rings (SSSR count). The predicted molar refractivity (Wildman–Crippen MR) is 56.6 cm³/mol.